The zero-order valence-corrected chi connectivity index (χ0v) is 7.23. The van der Waals surface area contributed by atoms with Gasteiger partial charge in [0.15, 0.2) is 0 Å². The topological polar surface area (TPSA) is 12.9 Å². The number of halogens is 1. The number of hydrogen-bond acceptors (Lipinski definition) is 2. The van der Waals surface area contributed by atoms with Crippen molar-refractivity contribution < 1.29 is 0 Å². The maximum Gasteiger partial charge on any atom is 0.0589 e. The molecule has 0 amide bonds. The third-order valence-electron chi connectivity index (χ3n) is 1.18. The quantitative estimate of drug-likeness (QED) is 0.645. The lowest BCUT2D eigenvalue weighted by molar-refractivity contribution is 1.02. The first-order chi connectivity index (χ1) is 4.70. The molecule has 1 aromatic rings. The van der Waals surface area contributed by atoms with E-state index in [2.05, 4.69) is 17.6 Å². The fourth-order valence-corrected chi connectivity index (χ4v) is 0.899. The Balaban J connectivity index is 2.89. The standard InChI is InChI=1S/C7H8ClNS/c1-5(10)7-3-2-6(8)4-9-7/h2-5,10H,1H3. The van der Waals surface area contributed by atoms with Crippen LogP contribution in [-0.2, 0) is 0 Å². The Kier molecular flexibility index (Phi) is 2.57. The molecule has 1 nitrogen and oxygen atoms in total. The Morgan fingerprint density at radius 3 is 2.70 bits per heavy atom. The summed E-state index contributed by atoms with van der Waals surface area (Å²) in [6.45, 7) is 1.97. The summed E-state index contributed by atoms with van der Waals surface area (Å²) in [5.74, 6) is 0. The fourth-order valence-electron chi connectivity index (χ4n) is 0.634. The SMILES string of the molecule is CC(S)c1ccc(Cl)cn1. The minimum Gasteiger partial charge on any atom is -0.259 e. The summed E-state index contributed by atoms with van der Waals surface area (Å²) in [6, 6.07) is 3.69. The average Bonchev–Trinajstić information content (AvgIpc) is 1.88. The molecule has 0 aliphatic carbocycles. The van der Waals surface area contributed by atoms with E-state index in [-0.39, 0.29) is 5.25 Å². The van der Waals surface area contributed by atoms with Crippen LogP contribution < -0.4 is 0 Å². The molecule has 1 aromatic heterocycles. The smallest absolute Gasteiger partial charge is 0.0589 e. The van der Waals surface area contributed by atoms with Crippen LogP contribution in [-0.4, -0.2) is 4.98 Å². The van der Waals surface area contributed by atoms with Crippen LogP contribution in [0.5, 0.6) is 0 Å². The largest absolute Gasteiger partial charge is 0.259 e. The lowest BCUT2D eigenvalue weighted by Crippen LogP contribution is -1.87. The van der Waals surface area contributed by atoms with Crippen molar-refractivity contribution in [2.45, 2.75) is 12.2 Å². The van der Waals surface area contributed by atoms with Crippen LogP contribution in [0.2, 0.25) is 5.02 Å². The molecule has 1 unspecified atom stereocenters. The van der Waals surface area contributed by atoms with Gasteiger partial charge in [-0.1, -0.05) is 11.6 Å². The summed E-state index contributed by atoms with van der Waals surface area (Å²) < 4.78 is 0. The van der Waals surface area contributed by atoms with Crippen LogP contribution in [0.25, 0.3) is 0 Å². The summed E-state index contributed by atoms with van der Waals surface area (Å²) >= 11 is 9.85. The second-order valence-corrected chi connectivity index (χ2v) is 3.29. The van der Waals surface area contributed by atoms with Crippen LogP contribution in [0.15, 0.2) is 18.3 Å². The summed E-state index contributed by atoms with van der Waals surface area (Å²) in [7, 11) is 0. The van der Waals surface area contributed by atoms with Crippen molar-refractivity contribution in [3.63, 3.8) is 0 Å². The Labute approximate surface area is 70.8 Å². The second kappa shape index (κ2) is 3.26. The molecule has 0 N–H and O–H groups in total. The normalized spacial score (nSPS) is 13.1. The van der Waals surface area contributed by atoms with Crippen molar-refractivity contribution >= 4 is 24.2 Å². The highest BCUT2D eigenvalue weighted by Crippen LogP contribution is 2.17. The van der Waals surface area contributed by atoms with E-state index in [0.717, 1.165) is 5.69 Å². The molecule has 0 aliphatic heterocycles. The summed E-state index contributed by atoms with van der Waals surface area (Å²) in [5.41, 5.74) is 0.952. The number of nitrogens with zero attached hydrogens (tertiary/aromatic N) is 1. The zero-order valence-electron chi connectivity index (χ0n) is 5.58. The monoisotopic (exact) mass is 173 g/mol. The lowest BCUT2D eigenvalue weighted by atomic mass is 10.3. The van der Waals surface area contributed by atoms with Crippen LogP contribution in [0.4, 0.5) is 0 Å². The number of pyridine rings is 1. The highest BCUT2D eigenvalue weighted by Gasteiger charge is 1.98. The first-order valence-electron chi connectivity index (χ1n) is 2.99. The molecule has 1 rings (SSSR count). The first kappa shape index (κ1) is 7.89. The molecule has 10 heavy (non-hydrogen) atoms. The van der Waals surface area contributed by atoms with Gasteiger partial charge in [0, 0.05) is 11.4 Å². The van der Waals surface area contributed by atoms with Gasteiger partial charge in [-0.05, 0) is 19.1 Å². The van der Waals surface area contributed by atoms with E-state index < -0.39 is 0 Å². The van der Waals surface area contributed by atoms with Gasteiger partial charge in [0.05, 0.1) is 10.7 Å². The molecule has 3 heteroatoms. The fraction of sp³-hybridized carbons (Fsp3) is 0.286. The predicted octanol–water partition coefficient (Wildman–Crippen LogP) is 2.73. The van der Waals surface area contributed by atoms with Gasteiger partial charge < -0.3 is 0 Å². The van der Waals surface area contributed by atoms with Crippen molar-refractivity contribution in [3.05, 3.63) is 29.0 Å². The lowest BCUT2D eigenvalue weighted by Gasteiger charge is -2.00. The number of aromatic nitrogens is 1. The van der Waals surface area contributed by atoms with Gasteiger partial charge in [-0.15, -0.1) is 0 Å². The number of thiol groups is 1. The molecular weight excluding hydrogens is 166 g/mol. The Bertz CT molecular complexity index is 207. The molecular formula is C7H8ClNS. The van der Waals surface area contributed by atoms with E-state index in [9.17, 15) is 0 Å². The third-order valence-corrected chi connectivity index (χ3v) is 1.67. The molecule has 1 atom stereocenters. The predicted molar refractivity (Wildman–Crippen MR) is 46.6 cm³/mol. The minimum absolute atomic E-state index is 0.178. The van der Waals surface area contributed by atoms with Crippen molar-refractivity contribution in [3.8, 4) is 0 Å². The first-order valence-corrected chi connectivity index (χ1v) is 3.89. The third kappa shape index (κ3) is 1.89. The van der Waals surface area contributed by atoms with E-state index in [0.29, 0.717) is 5.02 Å². The van der Waals surface area contributed by atoms with Crippen molar-refractivity contribution in [1.29, 1.82) is 0 Å². The van der Waals surface area contributed by atoms with E-state index in [1.807, 2.05) is 19.1 Å². The Morgan fingerprint density at radius 2 is 2.30 bits per heavy atom. The van der Waals surface area contributed by atoms with E-state index >= 15 is 0 Å². The van der Waals surface area contributed by atoms with Crippen LogP contribution in [0.3, 0.4) is 0 Å². The van der Waals surface area contributed by atoms with Gasteiger partial charge in [0.2, 0.25) is 0 Å². The van der Waals surface area contributed by atoms with Crippen molar-refractivity contribution in [2.75, 3.05) is 0 Å². The zero-order chi connectivity index (χ0) is 7.56. The van der Waals surface area contributed by atoms with Gasteiger partial charge >= 0.3 is 0 Å². The second-order valence-electron chi connectivity index (χ2n) is 2.08. The molecule has 54 valence electrons. The van der Waals surface area contributed by atoms with Gasteiger partial charge in [0.25, 0.3) is 0 Å². The van der Waals surface area contributed by atoms with Gasteiger partial charge in [-0.3, -0.25) is 4.98 Å². The van der Waals surface area contributed by atoms with Gasteiger partial charge in [0.1, 0.15) is 0 Å². The number of hydrogen-bond donors (Lipinski definition) is 1. The minimum atomic E-state index is 0.178. The summed E-state index contributed by atoms with van der Waals surface area (Å²) in [5, 5.41) is 0.843. The van der Waals surface area contributed by atoms with Crippen LogP contribution in [0.1, 0.15) is 17.9 Å². The molecule has 0 bridgehead atoms. The molecule has 0 spiro atoms. The average molecular weight is 174 g/mol. The molecule has 0 saturated carbocycles. The Morgan fingerprint density at radius 1 is 1.60 bits per heavy atom. The van der Waals surface area contributed by atoms with E-state index in [4.69, 9.17) is 11.6 Å². The molecule has 0 fully saturated rings. The summed E-state index contributed by atoms with van der Waals surface area (Å²) in [6.07, 6.45) is 1.63. The number of rotatable bonds is 1. The molecule has 0 aromatic carbocycles. The van der Waals surface area contributed by atoms with Crippen LogP contribution >= 0.6 is 24.2 Å². The molecule has 0 saturated heterocycles. The Hall–Kier alpha value is -0.210. The maximum atomic E-state index is 5.63. The van der Waals surface area contributed by atoms with E-state index in [1.165, 1.54) is 0 Å². The maximum absolute atomic E-state index is 5.63. The molecule has 0 radical (unpaired) electrons. The van der Waals surface area contributed by atoms with Gasteiger partial charge in [-0.25, -0.2) is 0 Å². The van der Waals surface area contributed by atoms with Crippen molar-refractivity contribution in [1.82, 2.24) is 4.98 Å². The summed E-state index contributed by atoms with van der Waals surface area (Å²) in [4.78, 5) is 4.07. The highest BCUT2D eigenvalue weighted by atomic mass is 35.5. The van der Waals surface area contributed by atoms with E-state index in [1.54, 1.807) is 6.20 Å². The van der Waals surface area contributed by atoms with Crippen molar-refractivity contribution in [2.24, 2.45) is 0 Å². The van der Waals surface area contributed by atoms with Crippen LogP contribution in [0, 0.1) is 0 Å². The molecule has 1 heterocycles. The molecule has 0 aliphatic rings. The van der Waals surface area contributed by atoms with Gasteiger partial charge in [-0.2, -0.15) is 12.6 Å². The highest BCUT2D eigenvalue weighted by molar-refractivity contribution is 7.80.